The Morgan fingerprint density at radius 3 is 2.86 bits per heavy atom. The number of rotatable bonds is 1. The van der Waals surface area contributed by atoms with Crippen LogP contribution in [0.15, 0.2) is 28.9 Å². The van der Waals surface area contributed by atoms with Crippen LogP contribution in [0.3, 0.4) is 0 Å². The largest absolute Gasteiger partial charge is 0.375 e. The van der Waals surface area contributed by atoms with E-state index in [2.05, 4.69) is 40.0 Å². The third-order valence-electron chi connectivity index (χ3n) is 1.99. The molecule has 0 aliphatic rings. The van der Waals surface area contributed by atoms with E-state index in [1.165, 1.54) is 22.5 Å². The van der Waals surface area contributed by atoms with Gasteiger partial charge in [0.25, 0.3) is 0 Å². The maximum atomic E-state index is 5.60. The van der Waals surface area contributed by atoms with Crippen LogP contribution in [0.1, 0.15) is 5.56 Å². The van der Waals surface area contributed by atoms with Crippen molar-refractivity contribution < 1.29 is 0 Å². The molecule has 4 heteroatoms. The van der Waals surface area contributed by atoms with Gasteiger partial charge in [-0.25, -0.2) is 4.98 Å². The molecule has 0 spiro atoms. The highest BCUT2D eigenvalue weighted by Gasteiger charge is 2.05. The van der Waals surface area contributed by atoms with Gasteiger partial charge in [0.2, 0.25) is 0 Å². The van der Waals surface area contributed by atoms with Gasteiger partial charge in [-0.15, -0.1) is 0 Å². The van der Waals surface area contributed by atoms with Crippen molar-refractivity contribution in [2.45, 2.75) is 6.92 Å². The Bertz CT molecular complexity index is 465. The number of nitrogens with two attached hydrogens (primary N) is 1. The third kappa shape index (κ3) is 1.81. The van der Waals surface area contributed by atoms with Crippen molar-refractivity contribution in [1.82, 2.24) is 4.98 Å². The second-order valence-electron chi connectivity index (χ2n) is 3.02. The standard InChI is InChI=1S/C10H9BrN2S/c1-6-2-3-7(11)4-8(6)9-5-13-10(12)14-9/h2-5H,1H3,(H2,12,13). The fourth-order valence-electron chi connectivity index (χ4n) is 1.27. The van der Waals surface area contributed by atoms with Gasteiger partial charge in [0.15, 0.2) is 5.13 Å². The maximum absolute atomic E-state index is 5.60. The molecule has 1 aromatic carbocycles. The molecule has 2 nitrogen and oxygen atoms in total. The zero-order valence-electron chi connectivity index (χ0n) is 7.62. The molecule has 0 saturated carbocycles. The number of benzene rings is 1. The molecule has 0 saturated heterocycles. The van der Waals surface area contributed by atoms with Crippen LogP contribution in [0.25, 0.3) is 10.4 Å². The lowest BCUT2D eigenvalue weighted by molar-refractivity contribution is 1.41. The monoisotopic (exact) mass is 268 g/mol. The number of anilines is 1. The molecule has 2 N–H and O–H groups in total. The maximum Gasteiger partial charge on any atom is 0.180 e. The lowest BCUT2D eigenvalue weighted by atomic mass is 10.1. The Labute approximate surface area is 94.9 Å². The molecule has 1 aromatic heterocycles. The zero-order chi connectivity index (χ0) is 10.1. The second-order valence-corrected chi connectivity index (χ2v) is 5.00. The van der Waals surface area contributed by atoms with Crippen molar-refractivity contribution in [3.05, 3.63) is 34.4 Å². The van der Waals surface area contributed by atoms with Crippen LogP contribution in [0.4, 0.5) is 5.13 Å². The van der Waals surface area contributed by atoms with Crippen molar-refractivity contribution in [3.8, 4) is 10.4 Å². The summed E-state index contributed by atoms with van der Waals surface area (Å²) in [6.45, 7) is 2.08. The van der Waals surface area contributed by atoms with Gasteiger partial charge < -0.3 is 5.73 Å². The molecule has 0 unspecified atom stereocenters. The first kappa shape index (κ1) is 9.68. The number of hydrogen-bond acceptors (Lipinski definition) is 3. The first-order valence-electron chi connectivity index (χ1n) is 4.14. The average molecular weight is 269 g/mol. The lowest BCUT2D eigenvalue weighted by Gasteiger charge is -2.02. The minimum Gasteiger partial charge on any atom is -0.375 e. The van der Waals surface area contributed by atoms with Crippen molar-refractivity contribution in [2.24, 2.45) is 0 Å². The summed E-state index contributed by atoms with van der Waals surface area (Å²) in [6.07, 6.45) is 1.81. The van der Waals surface area contributed by atoms with Gasteiger partial charge in [-0.2, -0.15) is 0 Å². The van der Waals surface area contributed by atoms with Crippen molar-refractivity contribution in [3.63, 3.8) is 0 Å². The van der Waals surface area contributed by atoms with E-state index in [1.54, 1.807) is 0 Å². The zero-order valence-corrected chi connectivity index (χ0v) is 10.0. The Morgan fingerprint density at radius 2 is 2.21 bits per heavy atom. The Hall–Kier alpha value is -0.870. The highest BCUT2D eigenvalue weighted by Crippen LogP contribution is 2.31. The summed E-state index contributed by atoms with van der Waals surface area (Å²) in [4.78, 5) is 5.16. The van der Waals surface area contributed by atoms with Crippen LogP contribution < -0.4 is 5.73 Å². The van der Waals surface area contributed by atoms with E-state index in [4.69, 9.17) is 5.73 Å². The quantitative estimate of drug-likeness (QED) is 0.861. The summed E-state index contributed by atoms with van der Waals surface area (Å²) >= 11 is 4.96. The average Bonchev–Trinajstić information content (AvgIpc) is 2.56. The molecule has 0 aliphatic carbocycles. The summed E-state index contributed by atoms with van der Waals surface area (Å²) < 4.78 is 1.07. The number of halogens is 1. The van der Waals surface area contributed by atoms with Gasteiger partial charge in [-0.3, -0.25) is 0 Å². The van der Waals surface area contributed by atoms with Crippen LogP contribution in [0.2, 0.25) is 0 Å². The van der Waals surface area contributed by atoms with E-state index >= 15 is 0 Å². The van der Waals surface area contributed by atoms with Crippen molar-refractivity contribution >= 4 is 32.4 Å². The van der Waals surface area contributed by atoms with Gasteiger partial charge in [-0.05, 0) is 30.2 Å². The molecule has 0 radical (unpaired) electrons. The molecule has 0 fully saturated rings. The van der Waals surface area contributed by atoms with Crippen molar-refractivity contribution in [1.29, 1.82) is 0 Å². The molecule has 0 amide bonds. The molecular weight excluding hydrogens is 260 g/mol. The van der Waals surface area contributed by atoms with Gasteiger partial charge in [-0.1, -0.05) is 33.3 Å². The van der Waals surface area contributed by atoms with Gasteiger partial charge in [0, 0.05) is 10.7 Å². The minimum absolute atomic E-state index is 0.611. The second kappa shape index (κ2) is 3.71. The molecule has 72 valence electrons. The number of nitrogen functional groups attached to an aromatic ring is 1. The fourth-order valence-corrected chi connectivity index (χ4v) is 2.40. The van der Waals surface area contributed by atoms with E-state index in [9.17, 15) is 0 Å². The molecule has 0 bridgehead atoms. The van der Waals surface area contributed by atoms with Crippen molar-refractivity contribution in [2.75, 3.05) is 5.73 Å². The number of aryl methyl sites for hydroxylation is 1. The number of thiazole rings is 1. The molecule has 2 rings (SSSR count). The number of hydrogen-bond donors (Lipinski definition) is 1. The number of nitrogens with zero attached hydrogens (tertiary/aromatic N) is 1. The Balaban J connectivity index is 2.55. The molecule has 14 heavy (non-hydrogen) atoms. The Kier molecular flexibility index (Phi) is 2.56. The summed E-state index contributed by atoms with van der Waals surface area (Å²) in [5.74, 6) is 0. The third-order valence-corrected chi connectivity index (χ3v) is 3.34. The van der Waals surface area contributed by atoms with Crippen LogP contribution >= 0.6 is 27.3 Å². The van der Waals surface area contributed by atoms with Crippen LogP contribution in [-0.2, 0) is 0 Å². The molecule has 1 heterocycles. The predicted molar refractivity (Wildman–Crippen MR) is 64.4 cm³/mol. The SMILES string of the molecule is Cc1ccc(Br)cc1-c1cnc(N)s1. The first-order valence-corrected chi connectivity index (χ1v) is 5.75. The first-order chi connectivity index (χ1) is 6.66. The molecule has 2 aromatic rings. The summed E-state index contributed by atoms with van der Waals surface area (Å²) in [7, 11) is 0. The van der Waals surface area contributed by atoms with Gasteiger partial charge >= 0.3 is 0 Å². The summed E-state index contributed by atoms with van der Waals surface area (Å²) in [5.41, 5.74) is 8.02. The number of aromatic nitrogens is 1. The Morgan fingerprint density at radius 1 is 1.43 bits per heavy atom. The van der Waals surface area contributed by atoms with Crippen LogP contribution in [0.5, 0.6) is 0 Å². The highest BCUT2D eigenvalue weighted by molar-refractivity contribution is 9.10. The van der Waals surface area contributed by atoms with Crippen LogP contribution in [-0.4, -0.2) is 4.98 Å². The summed E-state index contributed by atoms with van der Waals surface area (Å²) in [6, 6.07) is 6.20. The van der Waals surface area contributed by atoms with E-state index in [-0.39, 0.29) is 0 Å². The van der Waals surface area contributed by atoms with Gasteiger partial charge in [0.1, 0.15) is 0 Å². The smallest absolute Gasteiger partial charge is 0.180 e. The predicted octanol–water partition coefficient (Wildman–Crippen LogP) is 3.46. The minimum atomic E-state index is 0.611. The van der Waals surface area contributed by atoms with E-state index in [0.717, 1.165) is 9.35 Å². The topological polar surface area (TPSA) is 38.9 Å². The molecular formula is C10H9BrN2S. The van der Waals surface area contributed by atoms with E-state index in [1.807, 2.05) is 12.3 Å². The fraction of sp³-hybridized carbons (Fsp3) is 0.100. The van der Waals surface area contributed by atoms with E-state index < -0.39 is 0 Å². The lowest BCUT2D eigenvalue weighted by Crippen LogP contribution is -1.79. The van der Waals surface area contributed by atoms with Gasteiger partial charge in [0.05, 0.1) is 4.88 Å². The normalized spacial score (nSPS) is 10.4. The summed E-state index contributed by atoms with van der Waals surface area (Å²) in [5, 5.41) is 0.611. The molecule has 0 atom stereocenters. The molecule has 0 aliphatic heterocycles. The highest BCUT2D eigenvalue weighted by atomic mass is 79.9. The van der Waals surface area contributed by atoms with Crippen LogP contribution in [0, 0.1) is 6.92 Å². The van der Waals surface area contributed by atoms with E-state index in [0.29, 0.717) is 5.13 Å².